The van der Waals surface area contributed by atoms with Gasteiger partial charge in [0.25, 0.3) is 11.8 Å². The molecule has 1 aliphatic heterocycles. The molecule has 27 heavy (non-hydrogen) atoms. The first-order valence-corrected chi connectivity index (χ1v) is 8.86. The van der Waals surface area contributed by atoms with Crippen LogP contribution in [0.1, 0.15) is 37.6 Å². The van der Waals surface area contributed by atoms with Crippen molar-refractivity contribution in [3.63, 3.8) is 0 Å². The van der Waals surface area contributed by atoms with Crippen LogP contribution in [-0.2, 0) is 9.53 Å². The van der Waals surface area contributed by atoms with Gasteiger partial charge in [-0.05, 0) is 39.0 Å². The van der Waals surface area contributed by atoms with Gasteiger partial charge in [-0.3, -0.25) is 14.5 Å². The number of nitrogens with zero attached hydrogens (tertiary/aromatic N) is 1. The zero-order valence-electron chi connectivity index (χ0n) is 15.0. The van der Waals surface area contributed by atoms with E-state index in [4.69, 9.17) is 10.5 Å². The SMILES string of the molecule is CC(C)(C)OC(=O)N1CC(F)(F)C[C@H]1C(=O)Nc1cc(Br)ccc1C(N)=O. The van der Waals surface area contributed by atoms with Crippen molar-refractivity contribution in [1.29, 1.82) is 0 Å². The topological polar surface area (TPSA) is 102 Å². The highest BCUT2D eigenvalue weighted by molar-refractivity contribution is 9.10. The van der Waals surface area contributed by atoms with Crippen LogP contribution in [0.25, 0.3) is 0 Å². The lowest BCUT2D eigenvalue weighted by molar-refractivity contribution is -0.120. The van der Waals surface area contributed by atoms with E-state index in [0.29, 0.717) is 9.37 Å². The number of nitrogens with one attached hydrogen (secondary N) is 1. The lowest BCUT2D eigenvalue weighted by Crippen LogP contribution is -2.45. The summed E-state index contributed by atoms with van der Waals surface area (Å²) >= 11 is 3.20. The van der Waals surface area contributed by atoms with E-state index in [1.54, 1.807) is 26.8 Å². The Hall–Kier alpha value is -2.23. The molecule has 1 fully saturated rings. The van der Waals surface area contributed by atoms with Crippen LogP contribution in [-0.4, -0.2) is 46.9 Å². The van der Waals surface area contributed by atoms with E-state index in [1.807, 2.05) is 0 Å². The molecule has 0 aromatic heterocycles. The fourth-order valence-electron chi connectivity index (χ4n) is 2.61. The average Bonchev–Trinajstić information content (AvgIpc) is 2.81. The Morgan fingerprint density at radius 2 is 1.96 bits per heavy atom. The minimum absolute atomic E-state index is 0.0140. The second kappa shape index (κ2) is 7.41. The molecule has 0 radical (unpaired) electrons. The number of benzene rings is 1. The number of halogens is 3. The van der Waals surface area contributed by atoms with E-state index in [0.717, 1.165) is 0 Å². The maximum absolute atomic E-state index is 13.9. The summed E-state index contributed by atoms with van der Waals surface area (Å²) in [6.45, 7) is 3.85. The van der Waals surface area contributed by atoms with Gasteiger partial charge in [-0.2, -0.15) is 0 Å². The summed E-state index contributed by atoms with van der Waals surface area (Å²) in [5.74, 6) is -4.89. The van der Waals surface area contributed by atoms with Crippen molar-refractivity contribution in [1.82, 2.24) is 4.90 Å². The van der Waals surface area contributed by atoms with Crippen molar-refractivity contribution in [3.8, 4) is 0 Å². The smallest absolute Gasteiger partial charge is 0.411 e. The van der Waals surface area contributed by atoms with Crippen LogP contribution in [0.5, 0.6) is 0 Å². The molecular weight excluding hydrogens is 428 g/mol. The zero-order chi connectivity index (χ0) is 20.6. The second-order valence-electron chi connectivity index (χ2n) is 7.23. The maximum atomic E-state index is 13.9. The number of alkyl halides is 2. The molecule has 0 spiro atoms. The quantitative estimate of drug-likeness (QED) is 0.742. The van der Waals surface area contributed by atoms with E-state index in [-0.39, 0.29) is 11.3 Å². The molecule has 7 nitrogen and oxygen atoms in total. The molecule has 0 unspecified atom stereocenters. The van der Waals surface area contributed by atoms with E-state index in [2.05, 4.69) is 21.2 Å². The number of hydrogen-bond donors (Lipinski definition) is 2. The lowest BCUT2D eigenvalue weighted by Gasteiger charge is -2.27. The second-order valence-corrected chi connectivity index (χ2v) is 8.14. The molecule has 1 heterocycles. The number of nitrogens with two attached hydrogens (primary N) is 1. The summed E-state index contributed by atoms with van der Waals surface area (Å²) in [7, 11) is 0. The van der Waals surface area contributed by atoms with Gasteiger partial charge in [0.15, 0.2) is 0 Å². The number of carbonyl (C=O) groups excluding carboxylic acids is 3. The summed E-state index contributed by atoms with van der Waals surface area (Å²) in [6.07, 6.45) is -1.86. The van der Waals surface area contributed by atoms with Gasteiger partial charge >= 0.3 is 6.09 Å². The Labute approximate surface area is 163 Å². The molecule has 3 amide bonds. The monoisotopic (exact) mass is 447 g/mol. The van der Waals surface area contributed by atoms with Crippen LogP contribution in [0.15, 0.2) is 22.7 Å². The third-order valence-corrected chi connectivity index (χ3v) is 4.20. The van der Waals surface area contributed by atoms with Crippen molar-refractivity contribution in [3.05, 3.63) is 28.2 Å². The number of anilines is 1. The van der Waals surface area contributed by atoms with E-state index in [1.165, 1.54) is 12.1 Å². The highest BCUT2D eigenvalue weighted by Gasteiger charge is 2.51. The molecule has 1 atom stereocenters. The molecular formula is C17H20BrF2N3O4. The van der Waals surface area contributed by atoms with Gasteiger partial charge in [0, 0.05) is 10.9 Å². The molecule has 10 heteroatoms. The predicted molar refractivity (Wildman–Crippen MR) is 97.6 cm³/mol. The fourth-order valence-corrected chi connectivity index (χ4v) is 2.98. The normalized spacial score (nSPS) is 18.9. The van der Waals surface area contributed by atoms with Gasteiger partial charge in [-0.25, -0.2) is 13.6 Å². The summed E-state index contributed by atoms with van der Waals surface area (Å²) in [4.78, 5) is 37.1. The van der Waals surface area contributed by atoms with Crippen molar-refractivity contribution < 1.29 is 27.9 Å². The molecule has 0 aliphatic carbocycles. The zero-order valence-corrected chi connectivity index (χ0v) is 16.6. The Morgan fingerprint density at radius 3 is 2.52 bits per heavy atom. The van der Waals surface area contributed by atoms with Crippen LogP contribution >= 0.6 is 15.9 Å². The summed E-state index contributed by atoms with van der Waals surface area (Å²) in [5.41, 5.74) is 4.44. The molecule has 1 aromatic carbocycles. The van der Waals surface area contributed by atoms with Crippen LogP contribution in [0.4, 0.5) is 19.3 Å². The Kier molecular flexibility index (Phi) is 5.79. The van der Waals surface area contributed by atoms with E-state index >= 15 is 0 Å². The van der Waals surface area contributed by atoms with Crippen molar-refractivity contribution in [2.75, 3.05) is 11.9 Å². The summed E-state index contributed by atoms with van der Waals surface area (Å²) in [5, 5.41) is 2.41. The van der Waals surface area contributed by atoms with Crippen molar-refractivity contribution in [2.24, 2.45) is 5.73 Å². The summed E-state index contributed by atoms with van der Waals surface area (Å²) < 4.78 is 33.5. The molecule has 0 bridgehead atoms. The molecule has 2 rings (SSSR count). The Balaban J connectivity index is 2.27. The minimum Gasteiger partial charge on any atom is -0.444 e. The maximum Gasteiger partial charge on any atom is 0.411 e. The van der Waals surface area contributed by atoms with E-state index in [9.17, 15) is 23.2 Å². The number of ether oxygens (including phenoxy) is 1. The largest absolute Gasteiger partial charge is 0.444 e. The van der Waals surface area contributed by atoms with Crippen LogP contribution in [0, 0.1) is 0 Å². The predicted octanol–water partition coefficient (Wildman–Crippen LogP) is 3.13. The minimum atomic E-state index is -3.23. The van der Waals surface area contributed by atoms with Gasteiger partial charge < -0.3 is 15.8 Å². The third-order valence-electron chi connectivity index (χ3n) is 3.71. The average molecular weight is 448 g/mol. The number of primary amides is 1. The number of amides is 3. The number of hydrogen-bond acceptors (Lipinski definition) is 4. The third kappa shape index (κ3) is 5.38. The van der Waals surface area contributed by atoms with Crippen LogP contribution in [0.2, 0.25) is 0 Å². The fraction of sp³-hybridized carbons (Fsp3) is 0.471. The Morgan fingerprint density at radius 1 is 1.33 bits per heavy atom. The molecule has 0 saturated carbocycles. The first-order chi connectivity index (χ1) is 12.3. The van der Waals surface area contributed by atoms with Crippen molar-refractivity contribution in [2.45, 2.75) is 44.8 Å². The molecule has 148 valence electrons. The number of carbonyl (C=O) groups is 3. The number of likely N-dealkylation sites (tertiary alicyclic amines) is 1. The van der Waals surface area contributed by atoms with Crippen LogP contribution < -0.4 is 11.1 Å². The highest BCUT2D eigenvalue weighted by Crippen LogP contribution is 2.34. The van der Waals surface area contributed by atoms with Gasteiger partial charge in [0.2, 0.25) is 5.91 Å². The summed E-state index contributed by atoms with van der Waals surface area (Å²) in [6, 6.07) is 2.90. The molecule has 3 N–H and O–H groups in total. The lowest BCUT2D eigenvalue weighted by atomic mass is 10.1. The van der Waals surface area contributed by atoms with Crippen LogP contribution in [0.3, 0.4) is 0 Å². The first kappa shape index (κ1) is 21.1. The number of rotatable bonds is 3. The first-order valence-electron chi connectivity index (χ1n) is 8.07. The standard InChI is InChI=1S/C17H20BrF2N3O4/c1-16(2,3)27-15(26)23-8-17(19,20)7-12(23)14(25)22-11-6-9(18)4-5-10(11)13(21)24/h4-6,12H,7-8H2,1-3H3,(H2,21,24)(H,22,25)/t12-/m0/s1. The Bertz CT molecular complexity index is 780. The van der Waals surface area contributed by atoms with Gasteiger partial charge in [-0.15, -0.1) is 0 Å². The highest BCUT2D eigenvalue weighted by atomic mass is 79.9. The van der Waals surface area contributed by atoms with Gasteiger partial charge in [0.05, 0.1) is 17.8 Å². The van der Waals surface area contributed by atoms with E-state index < -0.39 is 48.4 Å². The van der Waals surface area contributed by atoms with Crippen molar-refractivity contribution >= 4 is 39.5 Å². The van der Waals surface area contributed by atoms with Gasteiger partial charge in [-0.1, -0.05) is 15.9 Å². The molecule has 1 aromatic rings. The molecule has 1 saturated heterocycles. The van der Waals surface area contributed by atoms with Gasteiger partial charge in [0.1, 0.15) is 11.6 Å². The molecule has 1 aliphatic rings.